The van der Waals surface area contributed by atoms with Crippen LogP contribution < -0.4 is 5.32 Å². The lowest BCUT2D eigenvalue weighted by Gasteiger charge is -1.98. The molecular weight excluding hydrogens is 230 g/mol. The molecule has 2 rings (SSSR count). The Morgan fingerprint density at radius 3 is 2.83 bits per heavy atom. The lowest BCUT2D eigenvalue weighted by molar-refractivity contribution is 0.0940. The first-order valence-corrected chi connectivity index (χ1v) is 5.98. The van der Waals surface area contributed by atoms with Crippen LogP contribution in [0.4, 0.5) is 0 Å². The molecule has 5 heteroatoms. The molecule has 0 saturated carbocycles. The van der Waals surface area contributed by atoms with Crippen molar-refractivity contribution in [1.82, 2.24) is 15.5 Å². The van der Waals surface area contributed by atoms with E-state index in [2.05, 4.69) is 22.4 Å². The van der Waals surface area contributed by atoms with Crippen LogP contribution in [-0.4, -0.2) is 22.6 Å². The largest absolute Gasteiger partial charge is 0.349 e. The molecule has 0 aliphatic heterocycles. The average molecular weight is 245 g/mol. The van der Waals surface area contributed by atoms with E-state index >= 15 is 0 Å². The number of rotatable bonds is 5. The third kappa shape index (κ3) is 2.94. The fraction of sp³-hybridized carbons (Fsp3) is 0.308. The molecule has 0 radical (unpaired) electrons. The molecule has 0 spiro atoms. The zero-order valence-corrected chi connectivity index (χ0v) is 10.2. The first-order chi connectivity index (χ1) is 8.81. The summed E-state index contributed by atoms with van der Waals surface area (Å²) < 4.78 is 5.06. The minimum atomic E-state index is -0.297. The molecule has 0 bridgehead atoms. The number of carbonyl (C=O) groups excluding carboxylic acids is 1. The smallest absolute Gasteiger partial charge is 0.292 e. The number of hydrogen-bond acceptors (Lipinski definition) is 4. The van der Waals surface area contributed by atoms with E-state index in [4.69, 9.17) is 4.52 Å². The van der Waals surface area contributed by atoms with Crippen LogP contribution in [-0.2, 0) is 0 Å². The first-order valence-electron chi connectivity index (χ1n) is 5.98. The summed E-state index contributed by atoms with van der Waals surface area (Å²) in [7, 11) is 0. The molecule has 1 heterocycles. The standard InChI is InChI=1S/C13H15N3O2/c1-2-3-9-14-12(17)11-15-13(18-16-11)10-7-5-4-6-8-10/h4-8H,2-3,9H2,1H3,(H,14,17). The number of unbranched alkanes of at least 4 members (excludes halogenated alkanes) is 1. The van der Waals surface area contributed by atoms with E-state index in [1.165, 1.54) is 0 Å². The van der Waals surface area contributed by atoms with Crippen LogP contribution >= 0.6 is 0 Å². The summed E-state index contributed by atoms with van der Waals surface area (Å²) in [4.78, 5) is 15.7. The van der Waals surface area contributed by atoms with Crippen LogP contribution in [0.15, 0.2) is 34.9 Å². The van der Waals surface area contributed by atoms with E-state index in [0.717, 1.165) is 18.4 Å². The Morgan fingerprint density at radius 2 is 2.11 bits per heavy atom. The zero-order valence-electron chi connectivity index (χ0n) is 10.2. The van der Waals surface area contributed by atoms with E-state index in [-0.39, 0.29) is 11.7 Å². The lowest BCUT2D eigenvalue weighted by atomic mass is 10.2. The van der Waals surface area contributed by atoms with Gasteiger partial charge in [-0.3, -0.25) is 4.79 Å². The minimum Gasteiger partial charge on any atom is -0.349 e. The SMILES string of the molecule is CCCCNC(=O)c1noc(-c2ccccc2)n1. The molecule has 0 saturated heterocycles. The topological polar surface area (TPSA) is 68.0 Å². The first kappa shape index (κ1) is 12.3. The Labute approximate surface area is 105 Å². The maximum absolute atomic E-state index is 11.7. The van der Waals surface area contributed by atoms with E-state index in [0.29, 0.717) is 12.4 Å². The Hall–Kier alpha value is -2.17. The summed E-state index contributed by atoms with van der Waals surface area (Å²) in [5.41, 5.74) is 0.803. The quantitative estimate of drug-likeness (QED) is 0.820. The lowest BCUT2D eigenvalue weighted by Crippen LogP contribution is -2.25. The molecule has 18 heavy (non-hydrogen) atoms. The minimum absolute atomic E-state index is 0.0740. The number of amides is 1. The summed E-state index contributed by atoms with van der Waals surface area (Å²) in [6.07, 6.45) is 1.97. The highest BCUT2D eigenvalue weighted by Crippen LogP contribution is 2.15. The number of benzene rings is 1. The molecule has 0 aliphatic rings. The maximum atomic E-state index is 11.7. The van der Waals surface area contributed by atoms with Gasteiger partial charge in [0.2, 0.25) is 0 Å². The highest BCUT2D eigenvalue weighted by atomic mass is 16.5. The van der Waals surface area contributed by atoms with E-state index in [9.17, 15) is 4.79 Å². The van der Waals surface area contributed by atoms with Gasteiger partial charge in [-0.2, -0.15) is 4.98 Å². The second-order valence-corrected chi connectivity index (χ2v) is 3.90. The van der Waals surface area contributed by atoms with Gasteiger partial charge in [0.05, 0.1) is 0 Å². The summed E-state index contributed by atoms with van der Waals surface area (Å²) in [6.45, 7) is 2.69. The highest BCUT2D eigenvalue weighted by molar-refractivity contribution is 5.90. The molecule has 94 valence electrons. The van der Waals surface area contributed by atoms with Crippen LogP contribution in [0.2, 0.25) is 0 Å². The van der Waals surface area contributed by atoms with Gasteiger partial charge in [-0.15, -0.1) is 0 Å². The van der Waals surface area contributed by atoms with Crippen molar-refractivity contribution in [2.24, 2.45) is 0 Å². The predicted molar refractivity (Wildman–Crippen MR) is 67.0 cm³/mol. The van der Waals surface area contributed by atoms with Gasteiger partial charge >= 0.3 is 0 Å². The summed E-state index contributed by atoms with van der Waals surface area (Å²) in [6, 6.07) is 9.36. The van der Waals surface area contributed by atoms with Gasteiger partial charge in [0, 0.05) is 12.1 Å². The van der Waals surface area contributed by atoms with Gasteiger partial charge in [-0.05, 0) is 18.6 Å². The van der Waals surface area contributed by atoms with Gasteiger partial charge in [0.15, 0.2) is 0 Å². The summed E-state index contributed by atoms with van der Waals surface area (Å²) >= 11 is 0. The maximum Gasteiger partial charge on any atom is 0.292 e. The van der Waals surface area contributed by atoms with Crippen molar-refractivity contribution in [2.45, 2.75) is 19.8 Å². The Morgan fingerprint density at radius 1 is 1.33 bits per heavy atom. The fourth-order valence-corrected chi connectivity index (χ4v) is 1.47. The molecule has 1 N–H and O–H groups in total. The highest BCUT2D eigenvalue weighted by Gasteiger charge is 2.14. The van der Waals surface area contributed by atoms with Crippen molar-refractivity contribution in [2.75, 3.05) is 6.54 Å². The summed E-state index contributed by atoms with van der Waals surface area (Å²) in [5.74, 6) is 0.135. The molecule has 0 unspecified atom stereocenters. The molecule has 1 aromatic carbocycles. The van der Waals surface area contributed by atoms with E-state index in [1.807, 2.05) is 30.3 Å². The van der Waals surface area contributed by atoms with Crippen LogP contribution in [0, 0.1) is 0 Å². The van der Waals surface area contributed by atoms with Gasteiger partial charge in [0.25, 0.3) is 17.6 Å². The number of aromatic nitrogens is 2. The van der Waals surface area contributed by atoms with Crippen molar-refractivity contribution >= 4 is 5.91 Å². The second kappa shape index (κ2) is 5.95. The van der Waals surface area contributed by atoms with Crippen molar-refractivity contribution in [1.29, 1.82) is 0 Å². The monoisotopic (exact) mass is 245 g/mol. The molecule has 1 aromatic heterocycles. The zero-order chi connectivity index (χ0) is 12.8. The van der Waals surface area contributed by atoms with Gasteiger partial charge < -0.3 is 9.84 Å². The van der Waals surface area contributed by atoms with Gasteiger partial charge in [0.1, 0.15) is 0 Å². The molecule has 5 nitrogen and oxygen atoms in total. The van der Waals surface area contributed by atoms with Crippen LogP contribution in [0.5, 0.6) is 0 Å². The van der Waals surface area contributed by atoms with Crippen molar-refractivity contribution < 1.29 is 9.32 Å². The Bertz CT molecular complexity index is 508. The Balaban J connectivity index is 2.04. The molecule has 0 aliphatic carbocycles. The fourth-order valence-electron chi connectivity index (χ4n) is 1.47. The normalized spacial score (nSPS) is 10.3. The third-order valence-electron chi connectivity index (χ3n) is 2.47. The number of carbonyl (C=O) groups is 1. The van der Waals surface area contributed by atoms with Gasteiger partial charge in [-0.25, -0.2) is 0 Å². The van der Waals surface area contributed by atoms with E-state index in [1.54, 1.807) is 0 Å². The van der Waals surface area contributed by atoms with Gasteiger partial charge in [-0.1, -0.05) is 36.7 Å². The van der Waals surface area contributed by atoms with Crippen molar-refractivity contribution in [3.05, 3.63) is 36.2 Å². The van der Waals surface area contributed by atoms with Crippen LogP contribution in [0.1, 0.15) is 30.4 Å². The van der Waals surface area contributed by atoms with Crippen LogP contribution in [0.3, 0.4) is 0 Å². The van der Waals surface area contributed by atoms with Crippen LogP contribution in [0.25, 0.3) is 11.5 Å². The second-order valence-electron chi connectivity index (χ2n) is 3.90. The van der Waals surface area contributed by atoms with Crippen molar-refractivity contribution in [3.8, 4) is 11.5 Å². The average Bonchev–Trinajstić information content (AvgIpc) is 2.89. The molecular formula is C13H15N3O2. The molecule has 2 aromatic rings. The summed E-state index contributed by atoms with van der Waals surface area (Å²) in [5, 5.41) is 6.41. The number of nitrogens with one attached hydrogen (secondary N) is 1. The third-order valence-corrected chi connectivity index (χ3v) is 2.47. The Kier molecular flexibility index (Phi) is 4.06. The van der Waals surface area contributed by atoms with Crippen molar-refractivity contribution in [3.63, 3.8) is 0 Å². The predicted octanol–water partition coefficient (Wildman–Crippen LogP) is 2.27. The van der Waals surface area contributed by atoms with E-state index < -0.39 is 0 Å². The molecule has 1 amide bonds. The molecule has 0 fully saturated rings. The molecule has 0 atom stereocenters. The number of nitrogens with zero attached hydrogens (tertiary/aromatic N) is 2. The number of hydrogen-bond donors (Lipinski definition) is 1.